The van der Waals surface area contributed by atoms with Gasteiger partial charge in [0.25, 0.3) is 0 Å². The molecular weight excluding hydrogens is 460 g/mol. The number of nitrogens with zero attached hydrogens (tertiary/aromatic N) is 1. The first kappa shape index (κ1) is 27.1. The summed E-state index contributed by atoms with van der Waals surface area (Å²) in [6.07, 6.45) is 8.66. The molecule has 0 aliphatic carbocycles. The third-order valence-corrected chi connectivity index (χ3v) is 7.59. The molecule has 35 heavy (non-hydrogen) atoms. The molecule has 1 atom stereocenters. The Bertz CT molecular complexity index is 1220. The molecule has 0 radical (unpaired) electrons. The first-order chi connectivity index (χ1) is 16.3. The van der Waals surface area contributed by atoms with E-state index in [9.17, 15) is 13.2 Å². The molecule has 0 aliphatic rings. The van der Waals surface area contributed by atoms with Crippen LogP contribution in [0.5, 0.6) is 0 Å². The van der Waals surface area contributed by atoms with Crippen molar-refractivity contribution in [3.63, 3.8) is 0 Å². The van der Waals surface area contributed by atoms with Crippen molar-refractivity contribution in [2.24, 2.45) is 16.7 Å². The number of carbonyl (C=O) groups is 1. The van der Waals surface area contributed by atoms with Crippen LogP contribution in [0, 0.1) is 16.7 Å². The Balaban J connectivity index is 1.62. The zero-order valence-corrected chi connectivity index (χ0v) is 22.3. The second-order valence-electron chi connectivity index (χ2n) is 11.6. The van der Waals surface area contributed by atoms with Gasteiger partial charge in [0.2, 0.25) is 10.0 Å². The number of fused-ring (bicyclic) bond motifs is 1. The van der Waals surface area contributed by atoms with Crippen LogP contribution >= 0.6 is 0 Å². The van der Waals surface area contributed by atoms with Crippen LogP contribution in [0.2, 0.25) is 0 Å². The lowest BCUT2D eigenvalue weighted by Gasteiger charge is -2.28. The molecule has 0 saturated heterocycles. The third-order valence-electron chi connectivity index (χ3n) is 6.20. The second-order valence-corrected chi connectivity index (χ2v) is 13.3. The van der Waals surface area contributed by atoms with E-state index in [0.29, 0.717) is 25.0 Å². The molecule has 3 rings (SSSR count). The van der Waals surface area contributed by atoms with Crippen LogP contribution in [-0.2, 0) is 21.2 Å². The van der Waals surface area contributed by atoms with Crippen molar-refractivity contribution in [1.29, 1.82) is 0 Å². The highest BCUT2D eigenvalue weighted by molar-refractivity contribution is 7.89. The smallest absolute Gasteiger partial charge is 0.240 e. The second kappa shape index (κ2) is 11.0. The number of rotatable bonds is 12. The Labute approximate surface area is 209 Å². The fourth-order valence-corrected chi connectivity index (χ4v) is 5.56. The van der Waals surface area contributed by atoms with Crippen LogP contribution in [-0.4, -0.2) is 25.7 Å². The number of Topliss-reactive ketones (excluding diaryl/α,β-unsaturated/α-hetero) is 1. The Morgan fingerprint density at radius 2 is 1.89 bits per heavy atom. The fourth-order valence-electron chi connectivity index (χ4n) is 4.28. The molecule has 0 aliphatic heterocycles. The summed E-state index contributed by atoms with van der Waals surface area (Å²) in [5.74, 6) is 0.466. The van der Waals surface area contributed by atoms with E-state index in [1.165, 1.54) is 0 Å². The van der Waals surface area contributed by atoms with Crippen molar-refractivity contribution in [2.45, 2.75) is 71.6 Å². The van der Waals surface area contributed by atoms with Gasteiger partial charge in [-0.2, -0.15) is 0 Å². The number of pyridine rings is 1. The van der Waals surface area contributed by atoms with Crippen molar-refractivity contribution in [1.82, 2.24) is 9.71 Å². The minimum Gasteiger partial charge on any atom is -0.464 e. The van der Waals surface area contributed by atoms with E-state index in [-0.39, 0.29) is 27.4 Å². The highest BCUT2D eigenvalue weighted by atomic mass is 32.2. The summed E-state index contributed by atoms with van der Waals surface area (Å²) in [6.45, 7) is 10.7. The van der Waals surface area contributed by atoms with E-state index in [2.05, 4.69) is 44.3 Å². The van der Waals surface area contributed by atoms with Crippen molar-refractivity contribution >= 4 is 26.8 Å². The molecule has 0 fully saturated rings. The van der Waals surface area contributed by atoms with E-state index in [1.54, 1.807) is 36.7 Å². The molecular formula is C28H38N2O4S. The molecule has 1 aromatic carbocycles. The van der Waals surface area contributed by atoms with Crippen LogP contribution < -0.4 is 4.72 Å². The normalized spacial score (nSPS) is 13.7. The van der Waals surface area contributed by atoms with Crippen molar-refractivity contribution in [2.75, 3.05) is 6.54 Å². The molecule has 6 nitrogen and oxygen atoms in total. The van der Waals surface area contributed by atoms with Gasteiger partial charge >= 0.3 is 0 Å². The van der Waals surface area contributed by atoms with Crippen LogP contribution in [0.15, 0.2) is 64.4 Å². The summed E-state index contributed by atoms with van der Waals surface area (Å²) in [6, 6.07) is 10.6. The highest BCUT2D eigenvalue weighted by Crippen LogP contribution is 2.30. The summed E-state index contributed by atoms with van der Waals surface area (Å²) in [5, 5.41) is 0.755. The van der Waals surface area contributed by atoms with Gasteiger partial charge in [-0.3, -0.25) is 9.78 Å². The predicted molar refractivity (Wildman–Crippen MR) is 140 cm³/mol. The predicted octanol–water partition coefficient (Wildman–Crippen LogP) is 6.17. The Kier molecular flexibility index (Phi) is 8.54. The lowest BCUT2D eigenvalue weighted by atomic mass is 9.80. The van der Waals surface area contributed by atoms with Crippen molar-refractivity contribution in [3.8, 4) is 0 Å². The average Bonchev–Trinajstić information content (AvgIpc) is 3.24. The molecule has 0 saturated carbocycles. The number of hydrogen-bond acceptors (Lipinski definition) is 5. The van der Waals surface area contributed by atoms with Gasteiger partial charge in [0.1, 0.15) is 11.4 Å². The lowest BCUT2D eigenvalue weighted by molar-refractivity contribution is -0.121. The molecule has 0 bridgehead atoms. The van der Waals surface area contributed by atoms with Crippen LogP contribution in [0.3, 0.4) is 0 Å². The number of benzene rings is 1. The number of sulfonamides is 1. The van der Waals surface area contributed by atoms with Gasteiger partial charge in [-0.05, 0) is 71.9 Å². The number of hydrogen-bond donors (Lipinski definition) is 1. The topological polar surface area (TPSA) is 89.3 Å². The Hall–Kier alpha value is -2.51. The molecule has 1 unspecified atom stereocenters. The number of ketones is 1. The zero-order valence-electron chi connectivity index (χ0n) is 21.5. The molecule has 3 aromatic rings. The van der Waals surface area contributed by atoms with Gasteiger partial charge in [0.15, 0.2) is 0 Å². The summed E-state index contributed by atoms with van der Waals surface area (Å²) in [7, 11) is -3.64. The van der Waals surface area contributed by atoms with Gasteiger partial charge in [0, 0.05) is 37.2 Å². The van der Waals surface area contributed by atoms with E-state index in [1.807, 2.05) is 18.3 Å². The van der Waals surface area contributed by atoms with Gasteiger partial charge in [0.05, 0.1) is 11.2 Å². The molecule has 0 amide bonds. The monoisotopic (exact) mass is 498 g/mol. The van der Waals surface area contributed by atoms with Crippen molar-refractivity contribution in [3.05, 3.63) is 60.6 Å². The molecule has 1 N–H and O–H groups in total. The molecule has 190 valence electrons. The van der Waals surface area contributed by atoms with E-state index < -0.39 is 10.0 Å². The quantitative estimate of drug-likeness (QED) is 0.323. The first-order valence-electron chi connectivity index (χ1n) is 12.2. The number of furan rings is 1. The summed E-state index contributed by atoms with van der Waals surface area (Å²) < 4.78 is 33.9. The Morgan fingerprint density at radius 3 is 2.57 bits per heavy atom. The number of carbonyl (C=O) groups excluding carboxylic acids is 1. The fraction of sp³-hybridized carbons (Fsp3) is 0.500. The molecule has 7 heteroatoms. The summed E-state index contributed by atoms with van der Waals surface area (Å²) >= 11 is 0. The minimum absolute atomic E-state index is 0.0348. The molecule has 2 heterocycles. The number of aromatic nitrogens is 1. The number of nitrogens with one attached hydrogen (secondary N) is 1. The minimum atomic E-state index is -3.64. The van der Waals surface area contributed by atoms with E-state index >= 15 is 0 Å². The average molecular weight is 499 g/mol. The van der Waals surface area contributed by atoms with Gasteiger partial charge in [-0.25, -0.2) is 13.1 Å². The maximum absolute atomic E-state index is 12.9. The lowest BCUT2D eigenvalue weighted by Crippen LogP contribution is -2.34. The standard InChI is InChI=1S/C28H38N2O4S/c1-27(2,3)18-24(31)16-21(15-22-7-6-13-29-19-22)10-12-28(4,5)20-30-35(32,33)25-8-9-26-23(17-25)11-14-34-26/h6-9,11,13-14,17,19,21,30H,10,12,15-16,18,20H2,1-5H3. The maximum Gasteiger partial charge on any atom is 0.240 e. The first-order valence-corrected chi connectivity index (χ1v) is 13.7. The van der Waals surface area contributed by atoms with Crippen LogP contribution in [0.1, 0.15) is 65.9 Å². The largest absolute Gasteiger partial charge is 0.464 e. The van der Waals surface area contributed by atoms with Crippen molar-refractivity contribution < 1.29 is 17.6 Å². The van der Waals surface area contributed by atoms with Crippen LogP contribution in [0.4, 0.5) is 0 Å². The van der Waals surface area contributed by atoms with Gasteiger partial charge < -0.3 is 4.42 Å². The van der Waals surface area contributed by atoms with Gasteiger partial charge in [-0.1, -0.05) is 40.7 Å². The SMILES string of the molecule is CC(C)(C)CC(=O)CC(CCC(C)(C)CNS(=O)(=O)c1ccc2occc2c1)Cc1cccnc1. The summed E-state index contributed by atoms with van der Waals surface area (Å²) in [5.41, 5.74) is 1.47. The third kappa shape index (κ3) is 8.58. The zero-order chi connectivity index (χ0) is 25.7. The molecule has 2 aromatic heterocycles. The highest BCUT2D eigenvalue weighted by Gasteiger charge is 2.26. The summed E-state index contributed by atoms with van der Waals surface area (Å²) in [4.78, 5) is 17.2. The Morgan fingerprint density at radius 1 is 1.11 bits per heavy atom. The van der Waals surface area contributed by atoms with E-state index in [0.717, 1.165) is 30.2 Å². The van der Waals surface area contributed by atoms with Gasteiger partial charge in [-0.15, -0.1) is 0 Å². The van der Waals surface area contributed by atoms with Crippen LogP contribution in [0.25, 0.3) is 11.0 Å². The van der Waals surface area contributed by atoms with E-state index in [4.69, 9.17) is 4.42 Å². The molecule has 0 spiro atoms. The maximum atomic E-state index is 12.9.